The Morgan fingerprint density at radius 1 is 0.460 bits per heavy atom. The lowest BCUT2D eigenvalue weighted by Gasteiger charge is -2.24. The maximum atomic E-state index is 6.70. The van der Waals surface area contributed by atoms with Gasteiger partial charge in [-0.1, -0.05) is 140 Å². The van der Waals surface area contributed by atoms with Crippen LogP contribution in [-0.4, -0.2) is 11.7 Å². The molecule has 0 spiro atoms. The number of hydrogen-bond donors (Lipinski definition) is 1. The number of para-hydroxylation sites is 2. The minimum absolute atomic E-state index is 0.395. The lowest BCUT2D eigenvalue weighted by molar-refractivity contribution is 0.663. The topological polar surface area (TPSA) is 63.0 Å². The fourth-order valence-corrected chi connectivity index (χ4v) is 7.15. The Hall–Kier alpha value is -6.72. The fraction of sp³-hybridized carbons (Fsp3) is 0.0222. The zero-order chi connectivity index (χ0) is 33.0. The molecule has 0 saturated carbocycles. The number of aliphatic imine (C=N–C) groups is 2. The molecule has 7 aromatic carbocycles. The molecule has 236 valence electrons. The van der Waals surface area contributed by atoms with E-state index in [1.54, 1.807) is 0 Å². The highest BCUT2D eigenvalue weighted by molar-refractivity contribution is 6.15. The Morgan fingerprint density at radius 2 is 1.10 bits per heavy atom. The Labute approximate surface area is 287 Å². The molecule has 1 unspecified atom stereocenters. The van der Waals surface area contributed by atoms with Gasteiger partial charge in [-0.25, -0.2) is 9.98 Å². The molecule has 0 fully saturated rings. The van der Waals surface area contributed by atoms with Gasteiger partial charge in [-0.2, -0.15) is 0 Å². The zero-order valence-corrected chi connectivity index (χ0v) is 26.9. The summed E-state index contributed by atoms with van der Waals surface area (Å²) in [5.41, 5.74) is 10.8. The SMILES string of the molecule is c1ccc(C2=NC(c3cccc4oc5c(-c6ccc7oc8ccccc8c7c6)cccc5c34)NC(c3ccc(-c4ccccc4)cc3)=N2)cc1. The molecule has 0 saturated heterocycles. The number of benzene rings is 7. The molecule has 9 aromatic rings. The predicted octanol–water partition coefficient (Wildman–Crippen LogP) is 11.3. The average Bonchev–Trinajstić information content (AvgIpc) is 3.77. The molecule has 1 N–H and O–H groups in total. The summed E-state index contributed by atoms with van der Waals surface area (Å²) in [7, 11) is 0. The zero-order valence-electron chi connectivity index (χ0n) is 26.9. The van der Waals surface area contributed by atoms with Crippen LogP contribution in [0.15, 0.2) is 183 Å². The number of fused-ring (bicyclic) bond motifs is 6. The van der Waals surface area contributed by atoms with Crippen molar-refractivity contribution in [3.8, 4) is 22.3 Å². The van der Waals surface area contributed by atoms with Gasteiger partial charge in [-0.15, -0.1) is 0 Å². The highest BCUT2D eigenvalue weighted by atomic mass is 16.3. The van der Waals surface area contributed by atoms with Gasteiger partial charge in [-0.3, -0.25) is 0 Å². The Morgan fingerprint density at radius 3 is 1.94 bits per heavy atom. The molecule has 50 heavy (non-hydrogen) atoms. The molecule has 1 atom stereocenters. The van der Waals surface area contributed by atoms with Crippen molar-refractivity contribution in [3.05, 3.63) is 180 Å². The lowest BCUT2D eigenvalue weighted by atomic mass is 9.98. The second kappa shape index (κ2) is 11.5. The van der Waals surface area contributed by atoms with Gasteiger partial charge in [0.05, 0.1) is 0 Å². The van der Waals surface area contributed by atoms with E-state index in [1.165, 1.54) is 5.56 Å². The first kappa shape index (κ1) is 28.3. The van der Waals surface area contributed by atoms with E-state index in [0.29, 0.717) is 5.84 Å². The third-order valence-corrected chi connectivity index (χ3v) is 9.58. The van der Waals surface area contributed by atoms with Crippen molar-refractivity contribution in [3.63, 3.8) is 0 Å². The summed E-state index contributed by atoms with van der Waals surface area (Å²) in [5.74, 6) is 1.46. The molecule has 3 heterocycles. The minimum Gasteiger partial charge on any atom is -0.456 e. The maximum Gasteiger partial charge on any atom is 0.159 e. The van der Waals surface area contributed by atoms with Crippen LogP contribution < -0.4 is 5.32 Å². The first-order chi connectivity index (χ1) is 24.8. The van der Waals surface area contributed by atoms with Crippen molar-refractivity contribution in [1.29, 1.82) is 0 Å². The van der Waals surface area contributed by atoms with E-state index < -0.39 is 6.17 Å². The van der Waals surface area contributed by atoms with E-state index in [-0.39, 0.29) is 0 Å². The van der Waals surface area contributed by atoms with Crippen LogP contribution >= 0.6 is 0 Å². The Balaban J connectivity index is 1.09. The van der Waals surface area contributed by atoms with Gasteiger partial charge < -0.3 is 14.2 Å². The number of nitrogens with zero attached hydrogens (tertiary/aromatic N) is 2. The van der Waals surface area contributed by atoms with Crippen LogP contribution in [-0.2, 0) is 0 Å². The molecule has 1 aliphatic rings. The number of nitrogens with one attached hydrogen (secondary N) is 1. The van der Waals surface area contributed by atoms with Crippen molar-refractivity contribution >= 4 is 55.5 Å². The van der Waals surface area contributed by atoms with Crippen LogP contribution in [0.4, 0.5) is 0 Å². The molecule has 1 aliphatic heterocycles. The number of furan rings is 2. The Kier molecular flexibility index (Phi) is 6.49. The third-order valence-electron chi connectivity index (χ3n) is 9.58. The highest BCUT2D eigenvalue weighted by Gasteiger charge is 2.25. The molecule has 5 nitrogen and oxygen atoms in total. The summed E-state index contributed by atoms with van der Waals surface area (Å²) in [4.78, 5) is 10.3. The first-order valence-electron chi connectivity index (χ1n) is 16.8. The largest absolute Gasteiger partial charge is 0.456 e. The number of rotatable bonds is 5. The van der Waals surface area contributed by atoms with Gasteiger partial charge in [0.2, 0.25) is 0 Å². The molecular weight excluding hydrogens is 615 g/mol. The van der Waals surface area contributed by atoms with E-state index in [2.05, 4.69) is 115 Å². The van der Waals surface area contributed by atoms with Crippen LogP contribution in [0, 0.1) is 0 Å². The quantitative estimate of drug-likeness (QED) is 0.203. The van der Waals surface area contributed by atoms with Gasteiger partial charge >= 0.3 is 0 Å². The summed E-state index contributed by atoms with van der Waals surface area (Å²) in [6, 6.07) is 56.3. The van der Waals surface area contributed by atoms with Crippen LogP contribution in [0.2, 0.25) is 0 Å². The molecule has 0 bridgehead atoms. The summed E-state index contributed by atoms with van der Waals surface area (Å²) >= 11 is 0. The first-order valence-corrected chi connectivity index (χ1v) is 16.8. The van der Waals surface area contributed by atoms with E-state index in [0.717, 1.165) is 83.1 Å². The van der Waals surface area contributed by atoms with E-state index in [4.69, 9.17) is 18.8 Å². The maximum absolute atomic E-state index is 6.70. The van der Waals surface area contributed by atoms with Gasteiger partial charge in [-0.05, 0) is 41.0 Å². The molecule has 0 amide bonds. The lowest BCUT2D eigenvalue weighted by Crippen LogP contribution is -2.33. The van der Waals surface area contributed by atoms with Crippen LogP contribution in [0.25, 0.3) is 66.1 Å². The van der Waals surface area contributed by atoms with Crippen molar-refractivity contribution in [2.24, 2.45) is 9.98 Å². The summed E-state index contributed by atoms with van der Waals surface area (Å²) in [6.07, 6.45) is -0.395. The summed E-state index contributed by atoms with van der Waals surface area (Å²) in [5, 5.41) is 7.95. The fourth-order valence-electron chi connectivity index (χ4n) is 7.15. The minimum atomic E-state index is -0.395. The van der Waals surface area contributed by atoms with Crippen molar-refractivity contribution in [2.45, 2.75) is 6.17 Å². The molecular formula is C45H29N3O2. The smallest absolute Gasteiger partial charge is 0.159 e. The molecule has 2 aromatic heterocycles. The standard InChI is InChI=1S/C45H29N3O2/c1-3-11-28(12-4-1)29-21-23-31(24-22-29)44-46-43(30-13-5-2-6-14-30)47-45(48-44)36-18-10-20-40-41(36)35-17-9-16-33(42(35)50-40)32-25-26-39-37(27-32)34-15-7-8-19-38(34)49-39/h1-27,45H,(H,46,47,48). The van der Waals surface area contributed by atoms with Gasteiger partial charge in [0, 0.05) is 43.8 Å². The third kappa shape index (κ3) is 4.71. The van der Waals surface area contributed by atoms with Crippen LogP contribution in [0.5, 0.6) is 0 Å². The average molecular weight is 644 g/mol. The number of amidine groups is 2. The second-order valence-electron chi connectivity index (χ2n) is 12.6. The van der Waals surface area contributed by atoms with E-state index in [9.17, 15) is 0 Å². The summed E-state index contributed by atoms with van der Waals surface area (Å²) < 4.78 is 12.8. The molecule has 0 aliphatic carbocycles. The molecule has 5 heteroatoms. The van der Waals surface area contributed by atoms with E-state index >= 15 is 0 Å². The summed E-state index contributed by atoms with van der Waals surface area (Å²) in [6.45, 7) is 0. The van der Waals surface area contributed by atoms with Crippen LogP contribution in [0.3, 0.4) is 0 Å². The monoisotopic (exact) mass is 643 g/mol. The van der Waals surface area contributed by atoms with Gasteiger partial charge in [0.1, 0.15) is 34.3 Å². The van der Waals surface area contributed by atoms with Gasteiger partial charge in [0.25, 0.3) is 0 Å². The predicted molar refractivity (Wildman–Crippen MR) is 204 cm³/mol. The van der Waals surface area contributed by atoms with Crippen molar-refractivity contribution in [2.75, 3.05) is 0 Å². The van der Waals surface area contributed by atoms with E-state index in [1.807, 2.05) is 54.6 Å². The molecule has 10 rings (SSSR count). The number of hydrogen-bond acceptors (Lipinski definition) is 5. The molecule has 0 radical (unpaired) electrons. The van der Waals surface area contributed by atoms with Crippen molar-refractivity contribution in [1.82, 2.24) is 5.32 Å². The highest BCUT2D eigenvalue weighted by Crippen LogP contribution is 2.41. The van der Waals surface area contributed by atoms with Crippen molar-refractivity contribution < 1.29 is 8.83 Å². The Bertz CT molecular complexity index is 2770. The van der Waals surface area contributed by atoms with Gasteiger partial charge in [0.15, 0.2) is 5.84 Å². The van der Waals surface area contributed by atoms with Crippen LogP contribution in [0.1, 0.15) is 22.9 Å². The normalized spacial score (nSPS) is 14.6. The second-order valence-corrected chi connectivity index (χ2v) is 12.6.